The van der Waals surface area contributed by atoms with Crippen molar-refractivity contribution >= 4 is 0 Å². The smallest absolute Gasteiger partial charge is 0.115 e. The molecule has 0 aromatic heterocycles. The minimum atomic E-state index is 0.540. The van der Waals surface area contributed by atoms with Crippen LogP contribution in [0.25, 0.3) is 0 Å². The van der Waals surface area contributed by atoms with E-state index in [0.717, 1.165) is 11.3 Å². The molecule has 0 aliphatic rings. The maximum atomic E-state index is 5.32. The molecule has 0 aromatic rings. The van der Waals surface area contributed by atoms with E-state index >= 15 is 0 Å². The van der Waals surface area contributed by atoms with Crippen LogP contribution in [0.5, 0.6) is 0 Å². The summed E-state index contributed by atoms with van der Waals surface area (Å²) in [5, 5.41) is 0. The lowest BCUT2D eigenvalue weighted by molar-refractivity contribution is 0.233. The van der Waals surface area contributed by atoms with Crippen molar-refractivity contribution in [3.8, 4) is 0 Å². The highest BCUT2D eigenvalue weighted by atomic mass is 16.5. The number of nitrogens with two attached hydrogens (primary N) is 1. The maximum absolute atomic E-state index is 5.32. The summed E-state index contributed by atoms with van der Waals surface area (Å²) in [6, 6.07) is 0. The minimum absolute atomic E-state index is 0.540. The standard InChI is InChI=1S/C10H17NO/c1-4-9(3)8-10(5-2)12-7-6-11/h4-5,8H,1,6-7,11H2,2-3H3/b9-8-,10-5+. The van der Waals surface area contributed by atoms with Gasteiger partial charge in [0.25, 0.3) is 0 Å². The zero-order chi connectivity index (χ0) is 9.40. The summed E-state index contributed by atoms with van der Waals surface area (Å²) in [5.41, 5.74) is 6.39. The molecule has 0 unspecified atom stereocenters. The van der Waals surface area contributed by atoms with Gasteiger partial charge in [0.1, 0.15) is 12.4 Å². The van der Waals surface area contributed by atoms with Gasteiger partial charge in [0.15, 0.2) is 0 Å². The Labute approximate surface area is 74.4 Å². The first-order valence-electron chi connectivity index (χ1n) is 4.04. The van der Waals surface area contributed by atoms with Crippen molar-refractivity contribution in [3.05, 3.63) is 36.1 Å². The average Bonchev–Trinajstić information content (AvgIpc) is 2.11. The van der Waals surface area contributed by atoms with E-state index in [9.17, 15) is 0 Å². The summed E-state index contributed by atoms with van der Waals surface area (Å²) in [7, 11) is 0. The summed E-state index contributed by atoms with van der Waals surface area (Å²) in [6.07, 6.45) is 5.63. The Bertz CT molecular complexity index is 192. The lowest BCUT2D eigenvalue weighted by atomic mass is 10.2. The molecule has 0 aliphatic carbocycles. The SMILES string of the molecule is C=C/C(C)=C\C(=C/C)OCCN. The van der Waals surface area contributed by atoms with Gasteiger partial charge in [0.05, 0.1) is 0 Å². The topological polar surface area (TPSA) is 35.2 Å². The molecule has 0 heterocycles. The Balaban J connectivity index is 4.09. The molecule has 2 N–H and O–H groups in total. The molecule has 0 bridgehead atoms. The van der Waals surface area contributed by atoms with Gasteiger partial charge in [-0.15, -0.1) is 0 Å². The second-order valence-electron chi connectivity index (χ2n) is 2.42. The van der Waals surface area contributed by atoms with Crippen LogP contribution >= 0.6 is 0 Å². The fourth-order valence-electron chi connectivity index (χ4n) is 0.668. The fourth-order valence-corrected chi connectivity index (χ4v) is 0.668. The van der Waals surface area contributed by atoms with Crippen LogP contribution in [-0.2, 0) is 4.74 Å². The molecule has 0 aromatic carbocycles. The third-order valence-electron chi connectivity index (χ3n) is 1.36. The first kappa shape index (κ1) is 11.0. The summed E-state index contributed by atoms with van der Waals surface area (Å²) in [5.74, 6) is 0.845. The second-order valence-corrected chi connectivity index (χ2v) is 2.42. The van der Waals surface area contributed by atoms with Crippen LogP contribution < -0.4 is 5.73 Å². The number of hydrogen-bond acceptors (Lipinski definition) is 2. The van der Waals surface area contributed by atoms with Gasteiger partial charge in [0, 0.05) is 6.54 Å². The Kier molecular flexibility index (Phi) is 6.11. The predicted molar refractivity (Wildman–Crippen MR) is 52.7 cm³/mol. The molecule has 0 saturated heterocycles. The van der Waals surface area contributed by atoms with E-state index in [1.54, 1.807) is 6.08 Å². The Morgan fingerprint density at radius 3 is 2.67 bits per heavy atom. The van der Waals surface area contributed by atoms with Crippen molar-refractivity contribution in [1.82, 2.24) is 0 Å². The molecule has 0 rings (SSSR count). The highest BCUT2D eigenvalue weighted by Gasteiger charge is 1.90. The van der Waals surface area contributed by atoms with Crippen LogP contribution in [0.15, 0.2) is 36.1 Å². The van der Waals surface area contributed by atoms with Gasteiger partial charge >= 0.3 is 0 Å². The van der Waals surface area contributed by atoms with Crippen LogP contribution in [0, 0.1) is 0 Å². The van der Waals surface area contributed by atoms with Gasteiger partial charge in [0.2, 0.25) is 0 Å². The number of ether oxygens (including phenoxy) is 1. The summed E-state index contributed by atoms with van der Waals surface area (Å²) < 4.78 is 5.32. The summed E-state index contributed by atoms with van der Waals surface area (Å²) in [4.78, 5) is 0. The molecule has 2 nitrogen and oxygen atoms in total. The van der Waals surface area contributed by atoms with E-state index in [-0.39, 0.29) is 0 Å². The fraction of sp³-hybridized carbons (Fsp3) is 0.400. The zero-order valence-electron chi connectivity index (χ0n) is 7.84. The van der Waals surface area contributed by atoms with E-state index in [1.807, 2.05) is 26.0 Å². The molecule has 0 amide bonds. The van der Waals surface area contributed by atoms with Crippen LogP contribution in [0.1, 0.15) is 13.8 Å². The molecule has 0 aliphatic heterocycles. The quantitative estimate of drug-likeness (QED) is 0.502. The van der Waals surface area contributed by atoms with Crippen LogP contribution in [0.4, 0.5) is 0 Å². The van der Waals surface area contributed by atoms with Crippen molar-refractivity contribution in [1.29, 1.82) is 0 Å². The van der Waals surface area contributed by atoms with Gasteiger partial charge in [-0.25, -0.2) is 0 Å². The van der Waals surface area contributed by atoms with Crippen molar-refractivity contribution < 1.29 is 4.74 Å². The highest BCUT2D eigenvalue weighted by Crippen LogP contribution is 2.04. The number of rotatable bonds is 5. The maximum Gasteiger partial charge on any atom is 0.115 e. The molecule has 0 saturated carbocycles. The Morgan fingerprint density at radius 1 is 1.58 bits per heavy atom. The second kappa shape index (κ2) is 6.68. The van der Waals surface area contributed by atoms with Gasteiger partial charge in [-0.2, -0.15) is 0 Å². The van der Waals surface area contributed by atoms with E-state index in [1.165, 1.54) is 0 Å². The lowest BCUT2D eigenvalue weighted by Crippen LogP contribution is -2.07. The Hall–Kier alpha value is -1.02. The molecule has 2 heteroatoms. The highest BCUT2D eigenvalue weighted by molar-refractivity contribution is 5.23. The third kappa shape index (κ3) is 4.74. The van der Waals surface area contributed by atoms with Gasteiger partial charge in [-0.1, -0.05) is 12.7 Å². The lowest BCUT2D eigenvalue weighted by Gasteiger charge is -2.04. The third-order valence-corrected chi connectivity index (χ3v) is 1.36. The first-order valence-corrected chi connectivity index (χ1v) is 4.04. The molecule has 0 spiro atoms. The number of hydrogen-bond donors (Lipinski definition) is 1. The van der Waals surface area contributed by atoms with Crippen molar-refractivity contribution in [2.45, 2.75) is 13.8 Å². The monoisotopic (exact) mass is 167 g/mol. The summed E-state index contributed by atoms with van der Waals surface area (Å²) in [6.45, 7) is 8.65. The molecule has 0 fully saturated rings. The van der Waals surface area contributed by atoms with E-state index < -0.39 is 0 Å². The zero-order valence-corrected chi connectivity index (χ0v) is 7.84. The van der Waals surface area contributed by atoms with Crippen LogP contribution in [0.2, 0.25) is 0 Å². The molecule has 68 valence electrons. The number of allylic oxidation sites excluding steroid dienone is 4. The van der Waals surface area contributed by atoms with E-state index in [0.29, 0.717) is 13.2 Å². The van der Waals surface area contributed by atoms with Crippen molar-refractivity contribution in [3.63, 3.8) is 0 Å². The largest absolute Gasteiger partial charge is 0.493 e. The molecule has 0 atom stereocenters. The van der Waals surface area contributed by atoms with Crippen molar-refractivity contribution in [2.75, 3.05) is 13.2 Å². The van der Waals surface area contributed by atoms with Gasteiger partial charge in [-0.05, 0) is 31.6 Å². The molecule has 0 radical (unpaired) electrons. The predicted octanol–water partition coefficient (Wildman–Crippen LogP) is 2.00. The molecular weight excluding hydrogens is 150 g/mol. The van der Waals surface area contributed by atoms with E-state index in [2.05, 4.69) is 6.58 Å². The van der Waals surface area contributed by atoms with E-state index in [4.69, 9.17) is 10.5 Å². The Morgan fingerprint density at radius 2 is 2.25 bits per heavy atom. The first-order chi connectivity index (χ1) is 5.74. The normalized spacial score (nSPS) is 12.9. The average molecular weight is 167 g/mol. The summed E-state index contributed by atoms with van der Waals surface area (Å²) >= 11 is 0. The molecular formula is C10H17NO. The van der Waals surface area contributed by atoms with Crippen LogP contribution in [0.3, 0.4) is 0 Å². The van der Waals surface area contributed by atoms with Gasteiger partial charge < -0.3 is 10.5 Å². The minimum Gasteiger partial charge on any atom is -0.493 e. The van der Waals surface area contributed by atoms with Crippen LogP contribution in [-0.4, -0.2) is 13.2 Å². The van der Waals surface area contributed by atoms with Gasteiger partial charge in [-0.3, -0.25) is 0 Å². The molecule has 12 heavy (non-hydrogen) atoms. The van der Waals surface area contributed by atoms with Crippen molar-refractivity contribution in [2.24, 2.45) is 5.73 Å².